The molecule has 0 aliphatic heterocycles. The second kappa shape index (κ2) is 5.29. The van der Waals surface area contributed by atoms with Crippen molar-refractivity contribution in [1.29, 1.82) is 0 Å². The van der Waals surface area contributed by atoms with Crippen LogP contribution in [0.1, 0.15) is 34.8 Å². The lowest BCUT2D eigenvalue weighted by molar-refractivity contribution is 0.366. The molecule has 2 aromatic rings. The van der Waals surface area contributed by atoms with E-state index in [4.69, 9.17) is 4.74 Å². The Morgan fingerprint density at radius 2 is 2.20 bits per heavy atom. The first kappa shape index (κ1) is 13.2. The quantitative estimate of drug-likeness (QED) is 0.928. The molecule has 1 aromatic carbocycles. The van der Waals surface area contributed by atoms with Crippen LogP contribution in [0.3, 0.4) is 0 Å². The van der Waals surface area contributed by atoms with E-state index in [1.807, 2.05) is 14.0 Å². The zero-order valence-corrected chi connectivity index (χ0v) is 12.3. The summed E-state index contributed by atoms with van der Waals surface area (Å²) in [4.78, 5) is 0. The molecule has 1 aromatic heterocycles. The van der Waals surface area contributed by atoms with Crippen LogP contribution in [0.2, 0.25) is 0 Å². The Kier molecular flexibility index (Phi) is 3.49. The molecule has 1 aliphatic carbocycles. The lowest BCUT2D eigenvalue weighted by Gasteiger charge is -2.14. The number of hydrogen-bond donors (Lipinski definition) is 1. The highest BCUT2D eigenvalue weighted by atomic mass is 16.5. The van der Waals surface area contributed by atoms with E-state index in [2.05, 4.69) is 34.7 Å². The van der Waals surface area contributed by atoms with Crippen LogP contribution in [-0.2, 0) is 20.0 Å². The third-order valence-electron chi connectivity index (χ3n) is 4.14. The second-order valence-electron chi connectivity index (χ2n) is 5.37. The average molecular weight is 271 g/mol. The van der Waals surface area contributed by atoms with Crippen molar-refractivity contribution in [3.05, 3.63) is 46.6 Å². The lowest BCUT2D eigenvalue weighted by Crippen LogP contribution is -2.19. The summed E-state index contributed by atoms with van der Waals surface area (Å²) in [7, 11) is 3.62. The molecule has 0 radical (unpaired) electrons. The third kappa shape index (κ3) is 2.20. The average Bonchev–Trinajstić information content (AvgIpc) is 2.97. The molecule has 0 saturated carbocycles. The predicted molar refractivity (Wildman–Crippen MR) is 78.8 cm³/mol. The summed E-state index contributed by atoms with van der Waals surface area (Å²) in [6, 6.07) is 9.14. The first-order valence-corrected chi connectivity index (χ1v) is 7.08. The second-order valence-corrected chi connectivity index (χ2v) is 5.37. The maximum Gasteiger partial charge on any atom is 0.216 e. The van der Waals surface area contributed by atoms with Gasteiger partial charge in [0.15, 0.2) is 0 Å². The molecule has 106 valence electrons. The van der Waals surface area contributed by atoms with E-state index in [0.717, 1.165) is 30.1 Å². The highest BCUT2D eigenvalue weighted by Crippen LogP contribution is 2.31. The van der Waals surface area contributed by atoms with Gasteiger partial charge in [0.05, 0.1) is 18.4 Å². The molecular formula is C16H21N3O. The summed E-state index contributed by atoms with van der Waals surface area (Å²) in [5.41, 5.74) is 5.09. The Hall–Kier alpha value is -1.81. The van der Waals surface area contributed by atoms with Gasteiger partial charge in [0.2, 0.25) is 5.88 Å². The molecule has 3 rings (SSSR count). The Bertz CT molecular complexity index is 618. The molecule has 0 saturated heterocycles. The van der Waals surface area contributed by atoms with Crippen molar-refractivity contribution < 1.29 is 4.74 Å². The molecule has 4 nitrogen and oxygen atoms in total. The van der Waals surface area contributed by atoms with E-state index >= 15 is 0 Å². The standard InChI is InChI=1S/C16H21N3O/c1-11-14(16(20-3)19(2)18-11)10-17-15-9-8-12-6-4-5-7-13(12)15/h4-7,15,17H,8-10H2,1-3H3. The molecule has 1 atom stereocenters. The maximum absolute atomic E-state index is 5.44. The molecule has 1 N–H and O–H groups in total. The summed E-state index contributed by atoms with van der Waals surface area (Å²) in [6.07, 6.45) is 2.33. The molecular weight excluding hydrogens is 250 g/mol. The molecule has 1 unspecified atom stereocenters. The van der Waals surface area contributed by atoms with Gasteiger partial charge < -0.3 is 10.1 Å². The summed E-state index contributed by atoms with van der Waals surface area (Å²) < 4.78 is 7.24. The molecule has 4 heteroatoms. The van der Waals surface area contributed by atoms with Crippen molar-refractivity contribution in [2.24, 2.45) is 7.05 Å². The van der Waals surface area contributed by atoms with Crippen LogP contribution in [0.25, 0.3) is 0 Å². The van der Waals surface area contributed by atoms with Gasteiger partial charge in [-0.1, -0.05) is 24.3 Å². The SMILES string of the molecule is COc1c(CNC2CCc3ccccc32)c(C)nn1C. The topological polar surface area (TPSA) is 39.1 Å². The van der Waals surface area contributed by atoms with Gasteiger partial charge in [-0.2, -0.15) is 5.10 Å². The normalized spacial score (nSPS) is 17.2. The van der Waals surface area contributed by atoms with Gasteiger partial charge in [0, 0.05) is 19.6 Å². The summed E-state index contributed by atoms with van der Waals surface area (Å²) in [5.74, 6) is 0.848. The highest BCUT2D eigenvalue weighted by molar-refractivity contribution is 5.35. The van der Waals surface area contributed by atoms with E-state index < -0.39 is 0 Å². The molecule has 20 heavy (non-hydrogen) atoms. The van der Waals surface area contributed by atoms with Crippen LogP contribution in [0.5, 0.6) is 5.88 Å². The number of benzene rings is 1. The van der Waals surface area contributed by atoms with Gasteiger partial charge in [-0.25, -0.2) is 4.68 Å². The van der Waals surface area contributed by atoms with E-state index in [9.17, 15) is 0 Å². The van der Waals surface area contributed by atoms with Gasteiger partial charge >= 0.3 is 0 Å². The van der Waals surface area contributed by atoms with Crippen molar-refractivity contribution >= 4 is 0 Å². The summed E-state index contributed by atoms with van der Waals surface area (Å²) in [5, 5.41) is 8.07. The van der Waals surface area contributed by atoms with Gasteiger partial charge in [-0.05, 0) is 30.9 Å². The molecule has 0 bridgehead atoms. The van der Waals surface area contributed by atoms with Gasteiger partial charge in [0.1, 0.15) is 0 Å². The van der Waals surface area contributed by atoms with Crippen molar-refractivity contribution in [2.75, 3.05) is 7.11 Å². The van der Waals surface area contributed by atoms with Gasteiger partial charge in [-0.3, -0.25) is 0 Å². The predicted octanol–water partition coefficient (Wildman–Crippen LogP) is 2.51. The Balaban J connectivity index is 1.75. The fourth-order valence-corrected chi connectivity index (χ4v) is 3.13. The van der Waals surface area contributed by atoms with Crippen LogP contribution < -0.4 is 10.1 Å². The minimum absolute atomic E-state index is 0.440. The minimum atomic E-state index is 0.440. The number of aromatic nitrogens is 2. The Morgan fingerprint density at radius 3 is 3.00 bits per heavy atom. The number of nitrogens with zero attached hydrogens (tertiary/aromatic N) is 2. The number of hydrogen-bond acceptors (Lipinski definition) is 3. The molecule has 1 heterocycles. The van der Waals surface area contributed by atoms with Crippen molar-refractivity contribution in [2.45, 2.75) is 32.4 Å². The maximum atomic E-state index is 5.44. The van der Waals surface area contributed by atoms with Crippen molar-refractivity contribution in [1.82, 2.24) is 15.1 Å². The largest absolute Gasteiger partial charge is 0.481 e. The molecule has 0 amide bonds. The van der Waals surface area contributed by atoms with Gasteiger partial charge in [0.25, 0.3) is 0 Å². The first-order chi connectivity index (χ1) is 9.70. The van der Waals surface area contributed by atoms with Crippen molar-refractivity contribution in [3.8, 4) is 5.88 Å². The number of rotatable bonds is 4. The zero-order valence-electron chi connectivity index (χ0n) is 12.3. The Labute approximate surface area is 119 Å². The van der Waals surface area contributed by atoms with Crippen LogP contribution in [0.4, 0.5) is 0 Å². The van der Waals surface area contributed by atoms with Crippen LogP contribution >= 0.6 is 0 Å². The zero-order chi connectivity index (χ0) is 14.1. The van der Waals surface area contributed by atoms with Gasteiger partial charge in [-0.15, -0.1) is 0 Å². The molecule has 0 spiro atoms. The number of aryl methyl sites for hydroxylation is 3. The fraction of sp³-hybridized carbons (Fsp3) is 0.438. The Morgan fingerprint density at radius 1 is 1.40 bits per heavy atom. The highest BCUT2D eigenvalue weighted by Gasteiger charge is 2.22. The van der Waals surface area contributed by atoms with Crippen LogP contribution in [0.15, 0.2) is 24.3 Å². The fourth-order valence-electron chi connectivity index (χ4n) is 3.13. The number of fused-ring (bicyclic) bond motifs is 1. The van der Waals surface area contributed by atoms with E-state index in [1.165, 1.54) is 17.5 Å². The first-order valence-electron chi connectivity index (χ1n) is 7.08. The monoisotopic (exact) mass is 271 g/mol. The van der Waals surface area contributed by atoms with E-state index in [1.54, 1.807) is 11.8 Å². The van der Waals surface area contributed by atoms with Crippen LogP contribution in [0, 0.1) is 6.92 Å². The lowest BCUT2D eigenvalue weighted by atomic mass is 10.1. The van der Waals surface area contributed by atoms with E-state index in [0.29, 0.717) is 6.04 Å². The van der Waals surface area contributed by atoms with Crippen molar-refractivity contribution in [3.63, 3.8) is 0 Å². The smallest absolute Gasteiger partial charge is 0.216 e. The number of methoxy groups -OCH3 is 1. The minimum Gasteiger partial charge on any atom is -0.481 e. The summed E-state index contributed by atoms with van der Waals surface area (Å²) in [6.45, 7) is 2.82. The van der Waals surface area contributed by atoms with Crippen LogP contribution in [-0.4, -0.2) is 16.9 Å². The molecule has 0 fully saturated rings. The summed E-state index contributed by atoms with van der Waals surface area (Å²) >= 11 is 0. The molecule has 1 aliphatic rings. The van der Waals surface area contributed by atoms with E-state index in [-0.39, 0.29) is 0 Å². The number of ether oxygens (including phenoxy) is 1. The third-order valence-corrected chi connectivity index (χ3v) is 4.14. The number of nitrogens with one attached hydrogen (secondary N) is 1.